The maximum absolute atomic E-state index is 13.1. The van der Waals surface area contributed by atoms with Crippen LogP contribution in [0.25, 0.3) is 0 Å². The van der Waals surface area contributed by atoms with Crippen LogP contribution in [-0.4, -0.2) is 49.0 Å². The van der Waals surface area contributed by atoms with Gasteiger partial charge in [-0.3, -0.25) is 9.59 Å². The highest BCUT2D eigenvalue weighted by Gasteiger charge is 2.46. The Morgan fingerprint density at radius 2 is 1.91 bits per heavy atom. The summed E-state index contributed by atoms with van der Waals surface area (Å²) in [7, 11) is 1.51. The van der Waals surface area contributed by atoms with E-state index in [2.05, 4.69) is 11.9 Å². The number of nitrogens with zero attached hydrogens (tertiary/aromatic N) is 2. The molecule has 168 valence electrons. The fourth-order valence-electron chi connectivity index (χ4n) is 3.41. The quantitative estimate of drug-likeness (QED) is 0.451. The van der Waals surface area contributed by atoms with E-state index in [1.165, 1.54) is 18.1 Å². The lowest BCUT2D eigenvalue weighted by molar-refractivity contribution is -0.124. The monoisotopic (exact) mass is 437 g/mol. The molecule has 1 unspecified atom stereocenters. The number of nitrogens with one attached hydrogen (secondary N) is 1. The summed E-state index contributed by atoms with van der Waals surface area (Å²) in [4.78, 5) is 41.2. The summed E-state index contributed by atoms with van der Waals surface area (Å²) in [5.74, 6) is 0.391. The summed E-state index contributed by atoms with van der Waals surface area (Å²) in [5.41, 5.74) is 0.967. The van der Waals surface area contributed by atoms with Crippen molar-refractivity contribution in [2.45, 2.75) is 25.8 Å². The third kappa shape index (κ3) is 5.08. The Morgan fingerprint density at radius 1 is 1.16 bits per heavy atom. The molecule has 0 spiro atoms. The number of amides is 4. The van der Waals surface area contributed by atoms with Crippen molar-refractivity contribution in [3.8, 4) is 11.5 Å². The minimum Gasteiger partial charge on any atom is -0.497 e. The molecule has 1 saturated heterocycles. The highest BCUT2D eigenvalue weighted by atomic mass is 16.5. The van der Waals surface area contributed by atoms with Crippen molar-refractivity contribution < 1.29 is 23.9 Å². The number of rotatable bonds is 10. The first kappa shape index (κ1) is 22.9. The Morgan fingerprint density at radius 3 is 2.56 bits per heavy atom. The van der Waals surface area contributed by atoms with Crippen LogP contribution in [0, 0.1) is 0 Å². The second-order valence-electron chi connectivity index (χ2n) is 7.24. The van der Waals surface area contributed by atoms with E-state index < -0.39 is 18.0 Å². The molecule has 1 N–H and O–H groups in total. The van der Waals surface area contributed by atoms with Gasteiger partial charge < -0.3 is 19.7 Å². The molecule has 3 rings (SSSR count). The second-order valence-corrected chi connectivity index (χ2v) is 7.24. The lowest BCUT2D eigenvalue weighted by Crippen LogP contribution is -2.38. The number of urea groups is 1. The Labute approximate surface area is 187 Å². The molecule has 0 aliphatic carbocycles. The zero-order valence-electron chi connectivity index (χ0n) is 18.2. The zero-order chi connectivity index (χ0) is 23.1. The number of ether oxygens (including phenoxy) is 2. The van der Waals surface area contributed by atoms with Gasteiger partial charge in [-0.15, -0.1) is 6.58 Å². The fraction of sp³-hybridized carbons (Fsp3) is 0.292. The van der Waals surface area contributed by atoms with Crippen molar-refractivity contribution >= 4 is 29.2 Å². The Bertz CT molecular complexity index is 989. The van der Waals surface area contributed by atoms with Crippen LogP contribution in [0.1, 0.15) is 19.8 Å². The van der Waals surface area contributed by atoms with Gasteiger partial charge in [0.1, 0.15) is 17.5 Å². The average molecular weight is 437 g/mol. The summed E-state index contributed by atoms with van der Waals surface area (Å²) >= 11 is 0. The average Bonchev–Trinajstić information content (AvgIpc) is 3.02. The van der Waals surface area contributed by atoms with Crippen molar-refractivity contribution in [2.75, 3.05) is 30.5 Å². The molecule has 0 saturated carbocycles. The number of methoxy groups -OCH3 is 1. The smallest absolute Gasteiger partial charge is 0.332 e. The lowest BCUT2D eigenvalue weighted by Gasteiger charge is -2.19. The van der Waals surface area contributed by atoms with Gasteiger partial charge in [0, 0.05) is 18.3 Å². The van der Waals surface area contributed by atoms with E-state index in [4.69, 9.17) is 9.47 Å². The van der Waals surface area contributed by atoms with Gasteiger partial charge in [0.2, 0.25) is 5.91 Å². The van der Waals surface area contributed by atoms with Crippen molar-refractivity contribution in [1.82, 2.24) is 4.90 Å². The number of benzene rings is 2. The van der Waals surface area contributed by atoms with E-state index in [9.17, 15) is 14.4 Å². The van der Waals surface area contributed by atoms with Gasteiger partial charge in [-0.2, -0.15) is 0 Å². The van der Waals surface area contributed by atoms with E-state index >= 15 is 0 Å². The van der Waals surface area contributed by atoms with Gasteiger partial charge in [0.05, 0.1) is 25.8 Å². The largest absolute Gasteiger partial charge is 0.497 e. The highest BCUT2D eigenvalue weighted by molar-refractivity contribution is 6.22. The van der Waals surface area contributed by atoms with Gasteiger partial charge in [-0.25, -0.2) is 9.69 Å². The topological polar surface area (TPSA) is 88.2 Å². The number of anilines is 2. The molecule has 0 radical (unpaired) electrons. The van der Waals surface area contributed by atoms with Crippen LogP contribution in [0.4, 0.5) is 16.2 Å². The molecule has 1 aliphatic rings. The minimum atomic E-state index is -0.932. The Balaban J connectivity index is 1.73. The maximum Gasteiger partial charge on any atom is 0.332 e. The molecule has 1 fully saturated rings. The first-order chi connectivity index (χ1) is 15.5. The first-order valence-corrected chi connectivity index (χ1v) is 10.4. The van der Waals surface area contributed by atoms with Crippen LogP contribution in [0.2, 0.25) is 0 Å². The Hall–Kier alpha value is -3.81. The summed E-state index contributed by atoms with van der Waals surface area (Å²) in [5, 5.41) is 2.77. The van der Waals surface area contributed by atoms with E-state index in [1.54, 1.807) is 48.5 Å². The van der Waals surface area contributed by atoms with Crippen LogP contribution in [0.3, 0.4) is 0 Å². The van der Waals surface area contributed by atoms with E-state index in [0.717, 1.165) is 11.3 Å². The predicted molar refractivity (Wildman–Crippen MR) is 122 cm³/mol. The normalized spacial score (nSPS) is 15.6. The summed E-state index contributed by atoms with van der Waals surface area (Å²) < 4.78 is 10.7. The van der Waals surface area contributed by atoms with E-state index in [1.807, 2.05) is 6.92 Å². The third-order valence-electron chi connectivity index (χ3n) is 4.95. The first-order valence-electron chi connectivity index (χ1n) is 10.4. The summed E-state index contributed by atoms with van der Waals surface area (Å²) in [6.07, 6.45) is 2.26. The third-order valence-corrected chi connectivity index (χ3v) is 4.95. The van der Waals surface area contributed by atoms with Gasteiger partial charge in [-0.05, 0) is 42.8 Å². The van der Waals surface area contributed by atoms with Crippen molar-refractivity contribution in [2.24, 2.45) is 0 Å². The molecule has 0 bridgehead atoms. The number of imide groups is 1. The molecule has 2 aromatic carbocycles. The molecular formula is C24H27N3O5. The Kier molecular flexibility index (Phi) is 7.49. The number of hydrogen-bond donors (Lipinski definition) is 1. The minimum absolute atomic E-state index is 0.145. The van der Waals surface area contributed by atoms with Gasteiger partial charge in [0.25, 0.3) is 5.91 Å². The maximum atomic E-state index is 13.1. The van der Waals surface area contributed by atoms with Crippen LogP contribution in [0.5, 0.6) is 11.5 Å². The van der Waals surface area contributed by atoms with E-state index in [0.29, 0.717) is 29.5 Å². The van der Waals surface area contributed by atoms with Crippen LogP contribution >= 0.6 is 0 Å². The highest BCUT2D eigenvalue weighted by Crippen LogP contribution is 2.29. The van der Waals surface area contributed by atoms with Crippen molar-refractivity contribution in [3.05, 3.63) is 61.2 Å². The molecule has 1 aliphatic heterocycles. The molecule has 2 aromatic rings. The molecule has 4 amide bonds. The van der Waals surface area contributed by atoms with Gasteiger partial charge in [0.15, 0.2) is 0 Å². The SMILES string of the molecule is C=CCN1C(=O)N(c2cccc(OC)c2)C(=O)C1CC(=O)Nc1ccc(OCCC)cc1. The van der Waals surface area contributed by atoms with Crippen LogP contribution in [-0.2, 0) is 9.59 Å². The van der Waals surface area contributed by atoms with Crippen LogP contribution in [0.15, 0.2) is 61.2 Å². The summed E-state index contributed by atoms with van der Waals surface area (Å²) in [6.45, 7) is 6.45. The molecule has 8 nitrogen and oxygen atoms in total. The molecule has 1 atom stereocenters. The predicted octanol–water partition coefficient (Wildman–Crippen LogP) is 3.84. The summed E-state index contributed by atoms with van der Waals surface area (Å²) in [6, 6.07) is 12.2. The fourth-order valence-corrected chi connectivity index (χ4v) is 3.41. The second kappa shape index (κ2) is 10.5. The molecule has 32 heavy (non-hydrogen) atoms. The zero-order valence-corrected chi connectivity index (χ0v) is 18.2. The number of hydrogen-bond acceptors (Lipinski definition) is 5. The number of carbonyl (C=O) groups excluding carboxylic acids is 3. The van der Waals surface area contributed by atoms with Crippen LogP contribution < -0.4 is 19.7 Å². The lowest BCUT2D eigenvalue weighted by atomic mass is 10.1. The number of carbonyl (C=O) groups is 3. The van der Waals surface area contributed by atoms with Gasteiger partial charge >= 0.3 is 6.03 Å². The molecule has 0 aromatic heterocycles. The van der Waals surface area contributed by atoms with Gasteiger partial charge in [-0.1, -0.05) is 19.1 Å². The molecular weight excluding hydrogens is 410 g/mol. The molecule has 8 heteroatoms. The standard InChI is InChI=1S/C24H27N3O5/c1-4-13-26-21(16-22(28)25-17-9-11-19(12-10-17)32-14-5-2)23(29)27(24(26)30)18-7-6-8-20(15-18)31-3/h4,6-12,15,21H,1,5,13-14,16H2,2-3H3,(H,25,28). The van der Waals surface area contributed by atoms with E-state index in [-0.39, 0.29) is 18.9 Å². The van der Waals surface area contributed by atoms with Crippen molar-refractivity contribution in [1.29, 1.82) is 0 Å². The molecule has 1 heterocycles. The van der Waals surface area contributed by atoms with Crippen molar-refractivity contribution in [3.63, 3.8) is 0 Å².